The van der Waals surface area contributed by atoms with Crippen molar-refractivity contribution in [2.24, 2.45) is 5.16 Å². The first-order valence-electron chi connectivity index (χ1n) is 10.8. The second-order valence-electron chi connectivity index (χ2n) is 8.35. The third-order valence-corrected chi connectivity index (χ3v) is 6.33. The summed E-state index contributed by atoms with van der Waals surface area (Å²) in [5, 5.41) is 27.9. The van der Waals surface area contributed by atoms with Crippen molar-refractivity contribution in [1.82, 2.24) is 14.8 Å². The van der Waals surface area contributed by atoms with Crippen LogP contribution in [0.2, 0.25) is 0 Å². The van der Waals surface area contributed by atoms with Gasteiger partial charge in [0, 0.05) is 30.8 Å². The van der Waals surface area contributed by atoms with Crippen molar-refractivity contribution in [3.8, 4) is 0 Å². The van der Waals surface area contributed by atoms with Gasteiger partial charge in [-0.2, -0.15) is 5.10 Å². The maximum absolute atomic E-state index is 8.56. The quantitative estimate of drug-likeness (QED) is 0.673. The lowest BCUT2D eigenvalue weighted by Gasteiger charge is -2.34. The van der Waals surface area contributed by atoms with E-state index >= 15 is 0 Å². The predicted molar refractivity (Wildman–Crippen MR) is 113 cm³/mol. The molecule has 2 saturated carbocycles. The molecule has 9 heteroatoms. The normalized spacial score (nSPS) is 20.1. The second-order valence-corrected chi connectivity index (χ2v) is 8.35. The number of fused-ring (bicyclic) bond motifs is 1. The van der Waals surface area contributed by atoms with E-state index in [-0.39, 0.29) is 5.60 Å². The van der Waals surface area contributed by atoms with Crippen LogP contribution in [0.5, 0.6) is 0 Å². The monoisotopic (exact) mass is 415 g/mol. The molecular weight excluding hydrogens is 386 g/mol. The number of anilines is 1. The number of nitrogens with zero attached hydrogens (tertiary/aromatic N) is 4. The van der Waals surface area contributed by atoms with Crippen molar-refractivity contribution in [3.63, 3.8) is 0 Å². The van der Waals surface area contributed by atoms with Crippen molar-refractivity contribution in [2.75, 3.05) is 5.32 Å². The smallest absolute Gasteiger partial charge is 0.450 e. The van der Waals surface area contributed by atoms with Crippen molar-refractivity contribution >= 4 is 28.6 Å². The third kappa shape index (κ3) is 4.06. The lowest BCUT2D eigenvalue weighted by atomic mass is 9.76. The lowest BCUT2D eigenvalue weighted by molar-refractivity contribution is -0.0755. The molecule has 30 heavy (non-hydrogen) atoms. The van der Waals surface area contributed by atoms with Crippen LogP contribution in [0.15, 0.2) is 17.5 Å². The summed E-state index contributed by atoms with van der Waals surface area (Å²) >= 11 is 0. The zero-order valence-corrected chi connectivity index (χ0v) is 17.3. The Morgan fingerprint density at radius 1 is 1.23 bits per heavy atom. The maximum Gasteiger partial charge on any atom is 0.503 e. The molecule has 1 aliphatic heterocycles. The van der Waals surface area contributed by atoms with Crippen LogP contribution in [0.4, 0.5) is 10.5 Å². The average Bonchev–Trinajstić information content (AvgIpc) is 3.33. The molecule has 162 valence electrons. The molecule has 2 aromatic rings. The minimum atomic E-state index is -1.83. The Bertz CT molecular complexity index is 940. The molecule has 2 aromatic heterocycles. The minimum absolute atomic E-state index is 0.0278. The van der Waals surface area contributed by atoms with Crippen molar-refractivity contribution in [1.29, 1.82) is 0 Å². The van der Waals surface area contributed by atoms with Crippen LogP contribution in [-0.2, 0) is 11.4 Å². The molecule has 3 N–H and O–H groups in total. The van der Waals surface area contributed by atoms with Gasteiger partial charge in [0.2, 0.25) is 0 Å². The summed E-state index contributed by atoms with van der Waals surface area (Å²) < 4.78 is 1.96. The summed E-state index contributed by atoms with van der Waals surface area (Å²) in [5.74, 6) is 0. The van der Waals surface area contributed by atoms with Crippen LogP contribution < -0.4 is 5.32 Å². The fraction of sp³-hybridized carbons (Fsp3) is 0.619. The maximum atomic E-state index is 8.56. The van der Waals surface area contributed by atoms with E-state index in [0.29, 0.717) is 6.04 Å². The van der Waals surface area contributed by atoms with Gasteiger partial charge in [-0.15, -0.1) is 0 Å². The zero-order valence-electron chi connectivity index (χ0n) is 17.3. The third-order valence-electron chi connectivity index (χ3n) is 6.33. The van der Waals surface area contributed by atoms with E-state index < -0.39 is 6.16 Å². The number of carbonyl (C=O) groups is 1. The van der Waals surface area contributed by atoms with Gasteiger partial charge in [0.15, 0.2) is 5.65 Å². The highest BCUT2D eigenvalue weighted by Crippen LogP contribution is 2.44. The molecule has 3 heterocycles. The summed E-state index contributed by atoms with van der Waals surface area (Å²) in [4.78, 5) is 19.1. The lowest BCUT2D eigenvalue weighted by Crippen LogP contribution is -2.37. The van der Waals surface area contributed by atoms with Gasteiger partial charge in [0.05, 0.1) is 23.0 Å². The number of oxime groups is 1. The van der Waals surface area contributed by atoms with E-state index in [1.165, 1.54) is 38.5 Å². The van der Waals surface area contributed by atoms with E-state index in [4.69, 9.17) is 24.8 Å². The number of rotatable bonds is 4. The second kappa shape index (κ2) is 8.49. The van der Waals surface area contributed by atoms with Gasteiger partial charge in [-0.05, 0) is 39.0 Å². The van der Waals surface area contributed by atoms with Crippen molar-refractivity contribution in [3.05, 3.63) is 18.0 Å². The Morgan fingerprint density at radius 3 is 2.57 bits per heavy atom. The van der Waals surface area contributed by atoms with Gasteiger partial charge in [0.1, 0.15) is 5.60 Å². The Hall–Kier alpha value is -2.84. The summed E-state index contributed by atoms with van der Waals surface area (Å²) in [5.41, 5.74) is 4.22. The fourth-order valence-corrected chi connectivity index (χ4v) is 4.59. The molecule has 2 fully saturated rings. The van der Waals surface area contributed by atoms with Crippen LogP contribution in [0.1, 0.15) is 70.3 Å². The number of hydrogen-bond donors (Lipinski definition) is 3. The van der Waals surface area contributed by atoms with E-state index in [0.717, 1.165) is 53.8 Å². The Balaban J connectivity index is 0.000000503. The number of carboxylic acid groups (broad SMARTS) is 2. The molecule has 0 saturated heterocycles. The van der Waals surface area contributed by atoms with Crippen molar-refractivity contribution < 1.29 is 19.8 Å². The molecule has 1 spiro atoms. The standard InChI is InChI=1S/C20H27N5O.CH2O3/c1-2-25-19-16(13-22-25)18(23-14-7-4-3-5-8-14)15(12-21-19)17-11-20(26-24-17)9-6-10-20;2-1(3)4/h12-14H,2-11H2,1H3,(H,21,23);(H2,2,3,4). The van der Waals surface area contributed by atoms with Crippen LogP contribution >= 0.6 is 0 Å². The zero-order chi connectivity index (χ0) is 21.1. The first-order chi connectivity index (χ1) is 14.5. The van der Waals surface area contributed by atoms with Crippen LogP contribution in [-0.4, -0.2) is 48.5 Å². The number of pyridine rings is 1. The highest BCUT2D eigenvalue weighted by atomic mass is 16.7. The summed E-state index contributed by atoms with van der Waals surface area (Å²) in [7, 11) is 0. The molecule has 9 nitrogen and oxygen atoms in total. The summed E-state index contributed by atoms with van der Waals surface area (Å²) in [6, 6.07) is 0.527. The fourth-order valence-electron chi connectivity index (χ4n) is 4.59. The topological polar surface area (TPSA) is 122 Å². The van der Waals surface area contributed by atoms with Crippen LogP contribution in [0, 0.1) is 0 Å². The molecular formula is C21H29N5O4. The molecule has 0 aromatic carbocycles. The van der Waals surface area contributed by atoms with Gasteiger partial charge in [-0.1, -0.05) is 24.4 Å². The molecule has 0 unspecified atom stereocenters. The number of nitrogens with one attached hydrogen (secondary N) is 1. The van der Waals surface area contributed by atoms with Gasteiger partial charge in [-0.25, -0.2) is 14.5 Å². The van der Waals surface area contributed by atoms with E-state index in [1.807, 2.05) is 17.1 Å². The molecule has 3 aliphatic rings. The van der Waals surface area contributed by atoms with E-state index in [9.17, 15) is 0 Å². The van der Waals surface area contributed by atoms with E-state index in [2.05, 4.69) is 22.5 Å². The van der Waals surface area contributed by atoms with Gasteiger partial charge < -0.3 is 20.4 Å². The van der Waals surface area contributed by atoms with Crippen LogP contribution in [0.3, 0.4) is 0 Å². The van der Waals surface area contributed by atoms with Gasteiger partial charge >= 0.3 is 6.16 Å². The average molecular weight is 415 g/mol. The number of hydrogen-bond acceptors (Lipinski definition) is 6. The predicted octanol–water partition coefficient (Wildman–Crippen LogP) is 4.47. The Morgan fingerprint density at radius 2 is 1.97 bits per heavy atom. The van der Waals surface area contributed by atoms with Gasteiger partial charge in [-0.3, -0.25) is 0 Å². The highest BCUT2D eigenvalue weighted by molar-refractivity contribution is 6.10. The summed E-state index contributed by atoms with van der Waals surface area (Å²) in [6.07, 6.45) is 12.9. The van der Waals surface area contributed by atoms with Crippen molar-refractivity contribution in [2.45, 2.75) is 82.9 Å². The molecule has 0 amide bonds. The molecule has 0 radical (unpaired) electrons. The molecule has 2 aliphatic carbocycles. The number of aryl methyl sites for hydroxylation is 1. The van der Waals surface area contributed by atoms with Crippen LogP contribution in [0.25, 0.3) is 11.0 Å². The minimum Gasteiger partial charge on any atom is -0.450 e. The Kier molecular flexibility index (Phi) is 5.78. The van der Waals surface area contributed by atoms with Gasteiger partial charge in [0.25, 0.3) is 0 Å². The Labute approximate surface area is 175 Å². The summed E-state index contributed by atoms with van der Waals surface area (Å²) in [6.45, 7) is 2.93. The molecule has 0 bridgehead atoms. The first kappa shape index (κ1) is 20.4. The molecule has 0 atom stereocenters. The SMILES string of the molecule is CCn1ncc2c(NC3CCCCC3)c(C3=NOC4(CCC4)C3)cnc21.O=C(O)O. The largest absolute Gasteiger partial charge is 0.503 e. The highest BCUT2D eigenvalue weighted by Gasteiger charge is 2.45. The number of aromatic nitrogens is 3. The first-order valence-corrected chi connectivity index (χ1v) is 10.8. The van der Waals surface area contributed by atoms with E-state index in [1.54, 1.807) is 0 Å². The molecule has 5 rings (SSSR count).